The highest BCUT2D eigenvalue weighted by molar-refractivity contribution is 6.31. The SMILES string of the molecule is COC(=O)CC1NC(=O)N(Cc2ccccc2Cl)O1. The number of amides is 2. The van der Waals surface area contributed by atoms with Crippen LogP contribution in [-0.2, 0) is 20.9 Å². The summed E-state index contributed by atoms with van der Waals surface area (Å²) in [5.74, 6) is -0.454. The Morgan fingerprint density at radius 2 is 2.26 bits per heavy atom. The van der Waals surface area contributed by atoms with E-state index in [2.05, 4.69) is 10.1 Å². The summed E-state index contributed by atoms with van der Waals surface area (Å²) in [4.78, 5) is 28.1. The van der Waals surface area contributed by atoms with Crippen molar-refractivity contribution in [3.05, 3.63) is 34.9 Å². The van der Waals surface area contributed by atoms with Crippen LogP contribution in [-0.4, -0.2) is 30.4 Å². The summed E-state index contributed by atoms with van der Waals surface area (Å²) < 4.78 is 4.51. The van der Waals surface area contributed by atoms with Crippen molar-refractivity contribution in [2.24, 2.45) is 0 Å². The molecule has 0 radical (unpaired) electrons. The minimum absolute atomic E-state index is 0.0404. The summed E-state index contributed by atoms with van der Waals surface area (Å²) in [5.41, 5.74) is 0.762. The molecule has 7 heteroatoms. The Bertz CT molecular complexity index is 494. The molecule has 1 unspecified atom stereocenters. The molecular formula is C12H13ClN2O4. The lowest BCUT2D eigenvalue weighted by molar-refractivity contribution is -0.157. The second-order valence-electron chi connectivity index (χ2n) is 3.95. The van der Waals surface area contributed by atoms with E-state index in [1.165, 1.54) is 7.11 Å². The van der Waals surface area contributed by atoms with Gasteiger partial charge in [0.15, 0.2) is 6.23 Å². The maximum atomic E-state index is 11.7. The van der Waals surface area contributed by atoms with Crippen LogP contribution in [0.25, 0.3) is 0 Å². The number of hydrogen-bond acceptors (Lipinski definition) is 4. The lowest BCUT2D eigenvalue weighted by Crippen LogP contribution is -2.29. The minimum atomic E-state index is -0.706. The average molecular weight is 285 g/mol. The van der Waals surface area contributed by atoms with Crippen LogP contribution in [0, 0.1) is 0 Å². The zero-order valence-corrected chi connectivity index (χ0v) is 11.0. The Kier molecular flexibility index (Phi) is 4.24. The first kappa shape index (κ1) is 13.6. The molecule has 1 aliphatic rings. The molecule has 0 aromatic heterocycles. The van der Waals surface area contributed by atoms with Crippen molar-refractivity contribution < 1.29 is 19.2 Å². The van der Waals surface area contributed by atoms with Gasteiger partial charge in [-0.05, 0) is 11.6 Å². The topological polar surface area (TPSA) is 67.9 Å². The van der Waals surface area contributed by atoms with E-state index in [9.17, 15) is 9.59 Å². The molecule has 102 valence electrons. The zero-order chi connectivity index (χ0) is 13.8. The van der Waals surface area contributed by atoms with Gasteiger partial charge in [0, 0.05) is 5.02 Å². The molecule has 0 aliphatic carbocycles. The molecule has 1 N–H and O–H groups in total. The molecular weight excluding hydrogens is 272 g/mol. The third-order valence-electron chi connectivity index (χ3n) is 2.62. The number of rotatable bonds is 4. The van der Waals surface area contributed by atoms with Crippen LogP contribution >= 0.6 is 11.6 Å². The third kappa shape index (κ3) is 3.36. The van der Waals surface area contributed by atoms with E-state index in [1.807, 2.05) is 6.07 Å². The minimum Gasteiger partial charge on any atom is -0.469 e. The number of esters is 1. The number of nitrogens with zero attached hydrogens (tertiary/aromatic N) is 1. The Balaban J connectivity index is 1.97. The van der Waals surface area contributed by atoms with Crippen LogP contribution in [0.2, 0.25) is 5.02 Å². The van der Waals surface area contributed by atoms with Gasteiger partial charge in [-0.2, -0.15) is 5.06 Å². The van der Waals surface area contributed by atoms with Gasteiger partial charge >= 0.3 is 12.0 Å². The second-order valence-corrected chi connectivity index (χ2v) is 4.36. The molecule has 0 saturated carbocycles. The van der Waals surface area contributed by atoms with Crippen LogP contribution in [0.1, 0.15) is 12.0 Å². The van der Waals surface area contributed by atoms with Gasteiger partial charge in [0.05, 0.1) is 20.1 Å². The highest BCUT2D eigenvalue weighted by atomic mass is 35.5. The number of hydrogen-bond donors (Lipinski definition) is 1. The van der Waals surface area contributed by atoms with E-state index in [4.69, 9.17) is 16.4 Å². The van der Waals surface area contributed by atoms with Gasteiger partial charge < -0.3 is 10.1 Å². The lowest BCUT2D eigenvalue weighted by atomic mass is 10.2. The first-order valence-corrected chi connectivity index (χ1v) is 6.03. The van der Waals surface area contributed by atoms with E-state index < -0.39 is 18.2 Å². The summed E-state index contributed by atoms with van der Waals surface area (Å²) in [5, 5.41) is 4.21. The Morgan fingerprint density at radius 1 is 1.53 bits per heavy atom. The summed E-state index contributed by atoms with van der Waals surface area (Å²) in [6.07, 6.45) is -0.746. The van der Waals surface area contributed by atoms with Gasteiger partial charge in [0.2, 0.25) is 0 Å². The van der Waals surface area contributed by atoms with Crippen LogP contribution < -0.4 is 5.32 Å². The molecule has 1 heterocycles. The fraction of sp³-hybridized carbons (Fsp3) is 0.333. The molecule has 2 rings (SSSR count). The Hall–Kier alpha value is -1.79. The van der Waals surface area contributed by atoms with E-state index in [0.717, 1.165) is 10.6 Å². The lowest BCUT2D eigenvalue weighted by Gasteiger charge is -2.14. The molecule has 1 atom stereocenters. The predicted octanol–water partition coefficient (Wildman–Crippen LogP) is 1.69. The number of methoxy groups -OCH3 is 1. The van der Waals surface area contributed by atoms with Crippen LogP contribution in [0.5, 0.6) is 0 Å². The van der Waals surface area contributed by atoms with Gasteiger partial charge in [-0.25, -0.2) is 9.63 Å². The smallest absolute Gasteiger partial charge is 0.343 e. The number of nitrogens with one attached hydrogen (secondary N) is 1. The monoisotopic (exact) mass is 284 g/mol. The van der Waals surface area contributed by atoms with Crippen molar-refractivity contribution in [1.29, 1.82) is 0 Å². The fourth-order valence-corrected chi connectivity index (χ4v) is 1.85. The fourth-order valence-electron chi connectivity index (χ4n) is 1.65. The number of carbonyl (C=O) groups excluding carboxylic acids is 2. The molecule has 6 nitrogen and oxygen atoms in total. The van der Waals surface area contributed by atoms with Crippen molar-refractivity contribution in [3.8, 4) is 0 Å². The predicted molar refractivity (Wildman–Crippen MR) is 67.0 cm³/mol. The molecule has 2 amide bonds. The normalized spacial score (nSPS) is 18.3. The Labute approximate surface area is 115 Å². The molecule has 1 aliphatic heterocycles. The van der Waals surface area contributed by atoms with Gasteiger partial charge in [0.25, 0.3) is 0 Å². The summed E-state index contributed by atoms with van der Waals surface area (Å²) in [6, 6.07) is 6.75. The number of halogens is 1. The van der Waals surface area contributed by atoms with E-state index in [1.54, 1.807) is 18.2 Å². The summed E-state index contributed by atoms with van der Waals surface area (Å²) in [6.45, 7) is 0.211. The molecule has 1 saturated heterocycles. The number of ether oxygens (including phenoxy) is 1. The molecule has 1 fully saturated rings. The van der Waals surface area contributed by atoms with Crippen LogP contribution in [0.4, 0.5) is 4.79 Å². The van der Waals surface area contributed by atoms with Gasteiger partial charge in [0.1, 0.15) is 0 Å². The number of carbonyl (C=O) groups is 2. The zero-order valence-electron chi connectivity index (χ0n) is 10.3. The maximum Gasteiger partial charge on any atom is 0.343 e. The molecule has 0 spiro atoms. The third-order valence-corrected chi connectivity index (χ3v) is 2.99. The van der Waals surface area contributed by atoms with Gasteiger partial charge in [-0.3, -0.25) is 4.79 Å². The van der Waals surface area contributed by atoms with Gasteiger partial charge in [-0.1, -0.05) is 29.8 Å². The summed E-state index contributed by atoms with van der Waals surface area (Å²) >= 11 is 6.01. The van der Waals surface area contributed by atoms with Crippen molar-refractivity contribution in [2.75, 3.05) is 7.11 Å². The van der Waals surface area contributed by atoms with E-state index in [0.29, 0.717) is 5.02 Å². The first-order valence-electron chi connectivity index (χ1n) is 5.65. The molecule has 1 aromatic carbocycles. The second kappa shape index (κ2) is 5.90. The van der Waals surface area contributed by atoms with E-state index in [-0.39, 0.29) is 13.0 Å². The largest absolute Gasteiger partial charge is 0.469 e. The number of benzene rings is 1. The van der Waals surface area contributed by atoms with Crippen molar-refractivity contribution >= 4 is 23.6 Å². The molecule has 19 heavy (non-hydrogen) atoms. The first-order chi connectivity index (χ1) is 9.10. The van der Waals surface area contributed by atoms with E-state index >= 15 is 0 Å². The highest BCUT2D eigenvalue weighted by Gasteiger charge is 2.32. The average Bonchev–Trinajstić information content (AvgIpc) is 2.72. The highest BCUT2D eigenvalue weighted by Crippen LogP contribution is 2.20. The molecule has 1 aromatic rings. The van der Waals surface area contributed by atoms with Crippen molar-refractivity contribution in [1.82, 2.24) is 10.4 Å². The van der Waals surface area contributed by atoms with Gasteiger partial charge in [-0.15, -0.1) is 0 Å². The van der Waals surface area contributed by atoms with Crippen molar-refractivity contribution in [2.45, 2.75) is 19.2 Å². The van der Waals surface area contributed by atoms with Crippen molar-refractivity contribution in [3.63, 3.8) is 0 Å². The molecule has 0 bridgehead atoms. The van der Waals surface area contributed by atoms with Crippen LogP contribution in [0.3, 0.4) is 0 Å². The number of urea groups is 1. The summed E-state index contributed by atoms with van der Waals surface area (Å²) in [7, 11) is 1.28. The number of hydroxylamine groups is 2. The Morgan fingerprint density at radius 3 is 2.95 bits per heavy atom. The quantitative estimate of drug-likeness (QED) is 0.854. The maximum absolute atomic E-state index is 11.7. The van der Waals surface area contributed by atoms with Crippen LogP contribution in [0.15, 0.2) is 24.3 Å². The standard InChI is InChI=1S/C12H13ClN2O4/c1-18-11(16)6-10-14-12(17)15(19-10)7-8-4-2-3-5-9(8)13/h2-5,10H,6-7H2,1H3,(H,14,17).